The van der Waals surface area contributed by atoms with Crippen molar-refractivity contribution in [2.75, 3.05) is 7.11 Å². The third-order valence-corrected chi connectivity index (χ3v) is 5.36. The molecule has 3 rings (SSSR count). The van der Waals surface area contributed by atoms with Crippen molar-refractivity contribution >= 4 is 11.4 Å². The molecule has 0 spiro atoms. The van der Waals surface area contributed by atoms with E-state index in [2.05, 4.69) is 45.0 Å². The number of Topliss-reactive ketones (excluding diaryl/α,β-unsaturated/α-hetero) is 1. The van der Waals surface area contributed by atoms with Gasteiger partial charge in [-0.1, -0.05) is 61.9 Å². The Labute approximate surface area is 156 Å². The number of aryl methyl sites for hydroxylation is 3. The van der Waals surface area contributed by atoms with Crippen LogP contribution in [0.4, 0.5) is 0 Å². The standard InChI is InChI=1S/C24H28O2/c1-5-18-12-16(3)13-19(6-2)22(18)23-21(26-4)15-20(24(23)25)14-17-10-8-7-9-11-17/h7-13,20H,5-6,14-15H2,1-4H3. The van der Waals surface area contributed by atoms with Gasteiger partial charge in [0.2, 0.25) is 0 Å². The van der Waals surface area contributed by atoms with E-state index in [-0.39, 0.29) is 11.7 Å². The Morgan fingerprint density at radius 3 is 2.19 bits per heavy atom. The van der Waals surface area contributed by atoms with Gasteiger partial charge in [-0.2, -0.15) is 0 Å². The Hall–Kier alpha value is -2.35. The average molecular weight is 348 g/mol. The maximum atomic E-state index is 13.4. The van der Waals surface area contributed by atoms with Gasteiger partial charge in [-0.15, -0.1) is 0 Å². The maximum absolute atomic E-state index is 13.4. The van der Waals surface area contributed by atoms with Crippen molar-refractivity contribution in [3.05, 3.63) is 76.0 Å². The van der Waals surface area contributed by atoms with Gasteiger partial charge >= 0.3 is 0 Å². The predicted molar refractivity (Wildman–Crippen MR) is 107 cm³/mol. The molecule has 2 heteroatoms. The number of benzene rings is 2. The van der Waals surface area contributed by atoms with Crippen LogP contribution in [0.5, 0.6) is 0 Å². The molecule has 0 bridgehead atoms. The summed E-state index contributed by atoms with van der Waals surface area (Å²) in [5.41, 5.74) is 6.91. The molecular formula is C24H28O2. The molecule has 26 heavy (non-hydrogen) atoms. The molecular weight excluding hydrogens is 320 g/mol. The summed E-state index contributed by atoms with van der Waals surface area (Å²) in [4.78, 5) is 13.4. The molecule has 0 saturated heterocycles. The highest BCUT2D eigenvalue weighted by atomic mass is 16.5. The van der Waals surface area contributed by atoms with Crippen LogP contribution in [0.15, 0.2) is 48.2 Å². The van der Waals surface area contributed by atoms with E-state index in [1.54, 1.807) is 7.11 Å². The van der Waals surface area contributed by atoms with Crippen LogP contribution in [0.1, 0.15) is 48.1 Å². The van der Waals surface area contributed by atoms with Crippen LogP contribution in [0.3, 0.4) is 0 Å². The summed E-state index contributed by atoms with van der Waals surface area (Å²) in [5.74, 6) is 1.06. The molecule has 0 fully saturated rings. The van der Waals surface area contributed by atoms with Gasteiger partial charge in [-0.3, -0.25) is 4.79 Å². The maximum Gasteiger partial charge on any atom is 0.170 e. The van der Waals surface area contributed by atoms with Crippen LogP contribution >= 0.6 is 0 Å². The highest BCUT2D eigenvalue weighted by Crippen LogP contribution is 2.40. The van der Waals surface area contributed by atoms with Crippen molar-refractivity contribution in [3.63, 3.8) is 0 Å². The number of ether oxygens (including phenoxy) is 1. The molecule has 0 aliphatic heterocycles. The molecule has 0 saturated carbocycles. The number of methoxy groups -OCH3 is 1. The van der Waals surface area contributed by atoms with Crippen LogP contribution < -0.4 is 0 Å². The third kappa shape index (κ3) is 3.46. The lowest BCUT2D eigenvalue weighted by Gasteiger charge is -2.17. The Bertz CT molecular complexity index is 806. The van der Waals surface area contributed by atoms with Crippen molar-refractivity contribution in [3.8, 4) is 0 Å². The normalized spacial score (nSPS) is 17.1. The summed E-state index contributed by atoms with van der Waals surface area (Å²) in [5, 5.41) is 0. The van der Waals surface area contributed by atoms with E-state index in [9.17, 15) is 4.79 Å². The van der Waals surface area contributed by atoms with Crippen LogP contribution in [-0.4, -0.2) is 12.9 Å². The molecule has 1 aliphatic carbocycles. The lowest BCUT2D eigenvalue weighted by atomic mass is 9.87. The smallest absolute Gasteiger partial charge is 0.170 e. The molecule has 1 unspecified atom stereocenters. The highest BCUT2D eigenvalue weighted by Gasteiger charge is 2.36. The van der Waals surface area contributed by atoms with Gasteiger partial charge in [-0.05, 0) is 48.4 Å². The van der Waals surface area contributed by atoms with Crippen molar-refractivity contribution in [2.45, 2.75) is 46.5 Å². The van der Waals surface area contributed by atoms with Gasteiger partial charge in [0.15, 0.2) is 5.78 Å². The van der Waals surface area contributed by atoms with E-state index in [1.807, 2.05) is 18.2 Å². The first-order valence-corrected chi connectivity index (χ1v) is 9.57. The molecule has 0 aromatic heterocycles. The van der Waals surface area contributed by atoms with Gasteiger partial charge in [0, 0.05) is 12.3 Å². The number of carbonyl (C=O) groups excluding carboxylic acids is 1. The summed E-state index contributed by atoms with van der Waals surface area (Å²) >= 11 is 0. The number of hydrogen-bond acceptors (Lipinski definition) is 2. The summed E-state index contributed by atoms with van der Waals surface area (Å²) in [6.45, 7) is 6.44. The summed E-state index contributed by atoms with van der Waals surface area (Å²) in [6, 6.07) is 14.7. The molecule has 0 amide bonds. The lowest BCUT2D eigenvalue weighted by Crippen LogP contribution is -2.14. The zero-order valence-electron chi connectivity index (χ0n) is 16.3. The molecule has 0 radical (unpaired) electrons. The SMILES string of the molecule is CCc1cc(C)cc(CC)c1C1=C(OC)CC(Cc2ccccc2)C1=O. The topological polar surface area (TPSA) is 26.3 Å². The van der Waals surface area contributed by atoms with Crippen molar-refractivity contribution in [1.82, 2.24) is 0 Å². The minimum Gasteiger partial charge on any atom is -0.500 e. The van der Waals surface area contributed by atoms with Crippen molar-refractivity contribution in [1.29, 1.82) is 0 Å². The fourth-order valence-electron chi connectivity index (χ4n) is 4.09. The first-order chi connectivity index (χ1) is 12.6. The van der Waals surface area contributed by atoms with Crippen LogP contribution in [0, 0.1) is 12.8 Å². The fourth-order valence-corrected chi connectivity index (χ4v) is 4.09. The second-order valence-corrected chi connectivity index (χ2v) is 7.12. The third-order valence-electron chi connectivity index (χ3n) is 5.36. The zero-order valence-corrected chi connectivity index (χ0v) is 16.3. The van der Waals surface area contributed by atoms with Crippen LogP contribution in [0.2, 0.25) is 0 Å². The van der Waals surface area contributed by atoms with E-state index in [1.165, 1.54) is 22.3 Å². The Morgan fingerprint density at radius 1 is 1.04 bits per heavy atom. The minimum absolute atomic E-state index is 0.0296. The monoisotopic (exact) mass is 348 g/mol. The molecule has 1 aliphatic rings. The quantitative estimate of drug-likeness (QED) is 0.707. The zero-order chi connectivity index (χ0) is 18.7. The first kappa shape index (κ1) is 18.4. The van der Waals surface area contributed by atoms with Crippen molar-refractivity contribution < 1.29 is 9.53 Å². The largest absolute Gasteiger partial charge is 0.500 e. The van der Waals surface area contributed by atoms with Crippen LogP contribution in [0.25, 0.3) is 5.57 Å². The van der Waals surface area contributed by atoms with Gasteiger partial charge in [0.05, 0.1) is 12.7 Å². The first-order valence-electron chi connectivity index (χ1n) is 9.57. The van der Waals surface area contributed by atoms with E-state index in [0.717, 1.165) is 36.2 Å². The Balaban J connectivity index is 2.02. The molecule has 1 atom stereocenters. The second kappa shape index (κ2) is 7.90. The number of allylic oxidation sites excluding steroid dienone is 2. The summed E-state index contributed by atoms with van der Waals surface area (Å²) < 4.78 is 5.70. The molecule has 2 aromatic rings. The molecule has 0 N–H and O–H groups in total. The molecule has 0 heterocycles. The summed E-state index contributed by atoms with van der Waals surface area (Å²) in [7, 11) is 1.69. The fraction of sp³-hybridized carbons (Fsp3) is 0.375. The van der Waals surface area contributed by atoms with E-state index in [0.29, 0.717) is 6.42 Å². The predicted octanol–water partition coefficient (Wildman–Crippen LogP) is 5.31. The Morgan fingerprint density at radius 2 is 1.65 bits per heavy atom. The van der Waals surface area contributed by atoms with Crippen molar-refractivity contribution in [2.24, 2.45) is 5.92 Å². The Kier molecular flexibility index (Phi) is 5.61. The van der Waals surface area contributed by atoms with E-state index >= 15 is 0 Å². The van der Waals surface area contributed by atoms with Crippen LogP contribution in [-0.2, 0) is 28.8 Å². The highest BCUT2D eigenvalue weighted by molar-refractivity contribution is 6.25. The molecule has 2 aromatic carbocycles. The molecule has 2 nitrogen and oxygen atoms in total. The van der Waals surface area contributed by atoms with Gasteiger partial charge in [0.1, 0.15) is 5.76 Å². The molecule has 136 valence electrons. The summed E-state index contributed by atoms with van der Waals surface area (Å²) in [6.07, 6.45) is 3.30. The second-order valence-electron chi connectivity index (χ2n) is 7.12. The van der Waals surface area contributed by atoms with Gasteiger partial charge in [-0.25, -0.2) is 0 Å². The number of ketones is 1. The minimum atomic E-state index is -0.0296. The van der Waals surface area contributed by atoms with E-state index in [4.69, 9.17) is 4.74 Å². The lowest BCUT2D eigenvalue weighted by molar-refractivity contribution is -0.116. The average Bonchev–Trinajstić information content (AvgIpc) is 2.97. The number of hydrogen-bond donors (Lipinski definition) is 0. The van der Waals surface area contributed by atoms with Gasteiger partial charge < -0.3 is 4.74 Å². The number of rotatable bonds is 6. The van der Waals surface area contributed by atoms with E-state index < -0.39 is 0 Å². The number of carbonyl (C=O) groups is 1. The van der Waals surface area contributed by atoms with Gasteiger partial charge in [0.25, 0.3) is 0 Å².